The van der Waals surface area contributed by atoms with Gasteiger partial charge in [0.15, 0.2) is 0 Å². The summed E-state index contributed by atoms with van der Waals surface area (Å²) in [4.78, 5) is 23.9. The zero-order valence-electron chi connectivity index (χ0n) is 13.7. The van der Waals surface area contributed by atoms with Crippen molar-refractivity contribution in [3.8, 4) is 0 Å². The van der Waals surface area contributed by atoms with Crippen LogP contribution in [-0.2, 0) is 9.53 Å². The fourth-order valence-corrected chi connectivity index (χ4v) is 2.59. The van der Waals surface area contributed by atoms with E-state index in [1.54, 1.807) is 0 Å². The number of ether oxygens (including phenoxy) is 1. The molecule has 1 aliphatic carbocycles. The van der Waals surface area contributed by atoms with Crippen LogP contribution in [0.3, 0.4) is 0 Å². The van der Waals surface area contributed by atoms with Crippen LogP contribution >= 0.6 is 0 Å². The first kappa shape index (κ1) is 17.0. The first-order chi connectivity index (χ1) is 8.99. The molecule has 0 aliphatic heterocycles. The molecule has 0 heterocycles. The molecule has 0 atom stereocenters. The van der Waals surface area contributed by atoms with E-state index in [1.165, 1.54) is 0 Å². The first-order valence-corrected chi connectivity index (χ1v) is 7.53. The Kier molecular flexibility index (Phi) is 5.22. The molecule has 0 unspecified atom stereocenters. The monoisotopic (exact) mass is 283 g/mol. The van der Waals surface area contributed by atoms with E-state index < -0.39 is 5.60 Å². The topological polar surface area (TPSA) is 55.4 Å². The van der Waals surface area contributed by atoms with E-state index in [4.69, 9.17) is 4.74 Å². The Morgan fingerprint density at radius 1 is 0.950 bits per heavy atom. The smallest absolute Gasteiger partial charge is 0.407 e. The molecule has 1 fully saturated rings. The van der Waals surface area contributed by atoms with E-state index in [0.29, 0.717) is 5.78 Å². The van der Waals surface area contributed by atoms with Crippen LogP contribution in [0.2, 0.25) is 0 Å². The predicted octanol–water partition coefficient (Wildman–Crippen LogP) is 3.69. The van der Waals surface area contributed by atoms with Crippen molar-refractivity contribution in [2.75, 3.05) is 0 Å². The van der Waals surface area contributed by atoms with Crippen LogP contribution in [0, 0.1) is 11.3 Å². The van der Waals surface area contributed by atoms with Crippen LogP contribution < -0.4 is 5.32 Å². The van der Waals surface area contributed by atoms with E-state index in [-0.39, 0.29) is 23.5 Å². The SMILES string of the molecule is CC(C)(C)OC(=O)N[C@H]1CC[C@@H](C(=O)C(C)(C)C)CC1. The number of Topliss-reactive ketones (excluding diaryl/α,β-unsaturated/α-hetero) is 1. The van der Waals surface area contributed by atoms with Crippen molar-refractivity contribution in [2.45, 2.75) is 78.9 Å². The van der Waals surface area contributed by atoms with Crippen LogP contribution in [0.4, 0.5) is 4.79 Å². The highest BCUT2D eigenvalue weighted by atomic mass is 16.6. The summed E-state index contributed by atoms with van der Waals surface area (Å²) in [7, 11) is 0. The Morgan fingerprint density at radius 3 is 1.85 bits per heavy atom. The molecule has 0 saturated heterocycles. The van der Waals surface area contributed by atoms with E-state index in [0.717, 1.165) is 25.7 Å². The van der Waals surface area contributed by atoms with Gasteiger partial charge in [-0.1, -0.05) is 20.8 Å². The molecular formula is C16H29NO3. The van der Waals surface area contributed by atoms with E-state index in [9.17, 15) is 9.59 Å². The summed E-state index contributed by atoms with van der Waals surface area (Å²) in [6, 6.07) is 0.133. The van der Waals surface area contributed by atoms with Gasteiger partial charge in [-0.05, 0) is 46.5 Å². The molecule has 1 aliphatic rings. The maximum Gasteiger partial charge on any atom is 0.407 e. The summed E-state index contributed by atoms with van der Waals surface area (Å²) in [6.07, 6.45) is 3.06. The highest BCUT2D eigenvalue weighted by Gasteiger charge is 2.33. The Hall–Kier alpha value is -1.06. The van der Waals surface area contributed by atoms with Crippen molar-refractivity contribution >= 4 is 11.9 Å². The zero-order valence-corrected chi connectivity index (χ0v) is 13.7. The molecular weight excluding hydrogens is 254 g/mol. The molecule has 0 radical (unpaired) electrons. The van der Waals surface area contributed by atoms with Crippen molar-refractivity contribution in [2.24, 2.45) is 11.3 Å². The molecule has 4 heteroatoms. The van der Waals surface area contributed by atoms with Crippen LogP contribution in [0.25, 0.3) is 0 Å². The van der Waals surface area contributed by atoms with E-state index in [1.807, 2.05) is 41.5 Å². The molecule has 1 N–H and O–H groups in total. The quantitative estimate of drug-likeness (QED) is 0.841. The first-order valence-electron chi connectivity index (χ1n) is 7.53. The number of carbonyl (C=O) groups excluding carboxylic acids is 2. The van der Waals surface area contributed by atoms with Gasteiger partial charge in [-0.2, -0.15) is 0 Å². The summed E-state index contributed by atoms with van der Waals surface area (Å²) >= 11 is 0. The molecule has 1 amide bonds. The molecule has 0 aromatic heterocycles. The molecule has 20 heavy (non-hydrogen) atoms. The van der Waals surface area contributed by atoms with Gasteiger partial charge in [-0.25, -0.2) is 4.79 Å². The molecule has 1 rings (SSSR count). The molecule has 4 nitrogen and oxygen atoms in total. The third-order valence-corrected chi connectivity index (χ3v) is 3.56. The lowest BCUT2D eigenvalue weighted by Gasteiger charge is -2.32. The maximum absolute atomic E-state index is 12.2. The Balaban J connectivity index is 2.40. The molecule has 1 saturated carbocycles. The van der Waals surface area contributed by atoms with Gasteiger partial charge in [-0.3, -0.25) is 4.79 Å². The molecule has 0 aromatic rings. The Labute approximate surface area is 122 Å². The van der Waals surface area contributed by atoms with Gasteiger partial charge in [0.25, 0.3) is 0 Å². The standard InChI is InChI=1S/C16H29NO3/c1-15(2,3)13(18)11-7-9-12(10-8-11)17-14(19)20-16(4,5)6/h11-12H,7-10H2,1-6H3,(H,17,19)/t11-,12+. The van der Waals surface area contributed by atoms with E-state index >= 15 is 0 Å². The second kappa shape index (κ2) is 6.15. The summed E-state index contributed by atoms with van der Waals surface area (Å²) < 4.78 is 5.25. The summed E-state index contributed by atoms with van der Waals surface area (Å²) in [5.41, 5.74) is -0.737. The number of amides is 1. The van der Waals surface area contributed by atoms with Crippen LogP contribution in [0.5, 0.6) is 0 Å². The Bertz CT molecular complexity index is 355. The molecule has 0 spiro atoms. The van der Waals surface area contributed by atoms with Crippen molar-refractivity contribution < 1.29 is 14.3 Å². The third kappa shape index (κ3) is 5.51. The minimum absolute atomic E-state index is 0.133. The van der Waals surface area contributed by atoms with Crippen LogP contribution in [0.1, 0.15) is 67.2 Å². The van der Waals surface area contributed by atoms with Gasteiger partial charge in [-0.15, -0.1) is 0 Å². The number of rotatable bonds is 2. The maximum atomic E-state index is 12.2. The summed E-state index contributed by atoms with van der Waals surface area (Å²) in [5, 5.41) is 2.90. The lowest BCUT2D eigenvalue weighted by Crippen LogP contribution is -2.42. The summed E-state index contributed by atoms with van der Waals surface area (Å²) in [5.74, 6) is 0.486. The number of alkyl carbamates (subject to hydrolysis) is 1. The predicted molar refractivity (Wildman–Crippen MR) is 79.6 cm³/mol. The third-order valence-electron chi connectivity index (χ3n) is 3.56. The fraction of sp³-hybridized carbons (Fsp3) is 0.875. The van der Waals surface area contributed by atoms with Crippen molar-refractivity contribution in [3.63, 3.8) is 0 Å². The van der Waals surface area contributed by atoms with Gasteiger partial charge >= 0.3 is 6.09 Å². The van der Waals surface area contributed by atoms with Gasteiger partial charge < -0.3 is 10.1 Å². The van der Waals surface area contributed by atoms with Crippen LogP contribution in [-0.4, -0.2) is 23.5 Å². The van der Waals surface area contributed by atoms with E-state index in [2.05, 4.69) is 5.32 Å². The van der Waals surface area contributed by atoms with Crippen molar-refractivity contribution in [3.05, 3.63) is 0 Å². The van der Waals surface area contributed by atoms with Crippen LogP contribution in [0.15, 0.2) is 0 Å². The highest BCUT2D eigenvalue weighted by Crippen LogP contribution is 2.31. The van der Waals surface area contributed by atoms with Gasteiger partial charge in [0, 0.05) is 17.4 Å². The Morgan fingerprint density at radius 2 is 1.45 bits per heavy atom. The van der Waals surface area contributed by atoms with Gasteiger partial charge in [0.05, 0.1) is 0 Å². The number of ketones is 1. The number of hydrogen-bond donors (Lipinski definition) is 1. The van der Waals surface area contributed by atoms with Gasteiger partial charge in [0.1, 0.15) is 11.4 Å². The zero-order chi connectivity index (χ0) is 15.6. The number of hydrogen-bond acceptors (Lipinski definition) is 3. The van der Waals surface area contributed by atoms with Crippen molar-refractivity contribution in [1.29, 1.82) is 0 Å². The fourth-order valence-electron chi connectivity index (χ4n) is 2.59. The number of carbonyl (C=O) groups is 2. The average molecular weight is 283 g/mol. The number of nitrogens with one attached hydrogen (secondary N) is 1. The second-order valence-electron chi connectivity index (χ2n) is 7.81. The minimum Gasteiger partial charge on any atom is -0.444 e. The minimum atomic E-state index is -0.469. The van der Waals surface area contributed by atoms with Gasteiger partial charge in [0.2, 0.25) is 0 Å². The average Bonchev–Trinajstić information content (AvgIpc) is 2.25. The lowest BCUT2D eigenvalue weighted by atomic mass is 9.75. The molecule has 116 valence electrons. The largest absolute Gasteiger partial charge is 0.444 e. The normalized spacial score (nSPS) is 24.1. The molecule has 0 bridgehead atoms. The second-order valence-corrected chi connectivity index (χ2v) is 7.81. The lowest BCUT2D eigenvalue weighted by molar-refractivity contribution is -0.131. The summed E-state index contributed by atoms with van der Waals surface area (Å²) in [6.45, 7) is 11.5. The molecule has 0 aromatic carbocycles. The highest BCUT2D eigenvalue weighted by molar-refractivity contribution is 5.86. The van der Waals surface area contributed by atoms with Crippen molar-refractivity contribution in [1.82, 2.24) is 5.32 Å².